The van der Waals surface area contributed by atoms with Gasteiger partial charge in [0.2, 0.25) is 0 Å². The van der Waals surface area contributed by atoms with Crippen molar-refractivity contribution in [3.05, 3.63) is 23.8 Å². The highest BCUT2D eigenvalue weighted by molar-refractivity contribution is 5.92. The van der Waals surface area contributed by atoms with Gasteiger partial charge >= 0.3 is 6.03 Å². The number of aryl methyl sites for hydroxylation is 1. The van der Waals surface area contributed by atoms with Crippen molar-refractivity contribution in [3.63, 3.8) is 0 Å². The van der Waals surface area contributed by atoms with Gasteiger partial charge in [0.25, 0.3) is 0 Å². The van der Waals surface area contributed by atoms with Gasteiger partial charge < -0.3 is 24.8 Å². The second-order valence-electron chi connectivity index (χ2n) is 4.69. The van der Waals surface area contributed by atoms with E-state index in [9.17, 15) is 9.90 Å². The van der Waals surface area contributed by atoms with E-state index in [1.807, 2.05) is 19.1 Å². The molecule has 1 saturated heterocycles. The van der Waals surface area contributed by atoms with Gasteiger partial charge in [-0.05, 0) is 18.6 Å². The lowest BCUT2D eigenvalue weighted by Crippen LogP contribution is -2.52. The lowest BCUT2D eigenvalue weighted by atomic mass is 10.2. The fraction of sp³-hybridized carbons (Fsp3) is 0.500. The number of aliphatic hydroxyl groups is 1. The van der Waals surface area contributed by atoms with Crippen LogP contribution in [0, 0.1) is 6.92 Å². The van der Waals surface area contributed by atoms with E-state index < -0.39 is 0 Å². The Hall–Kier alpha value is -1.79. The van der Waals surface area contributed by atoms with Crippen molar-refractivity contribution in [2.24, 2.45) is 0 Å². The Labute approximate surface area is 118 Å². The molecule has 0 unspecified atom stereocenters. The van der Waals surface area contributed by atoms with Crippen LogP contribution in [0.2, 0.25) is 0 Å². The molecule has 1 fully saturated rings. The summed E-state index contributed by atoms with van der Waals surface area (Å²) in [5.74, 6) is 0.618. The maximum absolute atomic E-state index is 12.3. The summed E-state index contributed by atoms with van der Waals surface area (Å²) in [5.41, 5.74) is 1.58. The van der Waals surface area contributed by atoms with Crippen LogP contribution in [0.5, 0.6) is 5.75 Å². The number of amides is 2. The number of hydrogen-bond acceptors (Lipinski definition) is 4. The smallest absolute Gasteiger partial charge is 0.322 e. The third-order valence-electron chi connectivity index (χ3n) is 3.39. The molecule has 1 atom stereocenters. The fourth-order valence-electron chi connectivity index (χ4n) is 2.22. The van der Waals surface area contributed by atoms with Crippen molar-refractivity contribution >= 4 is 11.7 Å². The number of benzene rings is 1. The van der Waals surface area contributed by atoms with Gasteiger partial charge in [0.1, 0.15) is 5.75 Å². The Morgan fingerprint density at radius 1 is 1.60 bits per heavy atom. The van der Waals surface area contributed by atoms with E-state index >= 15 is 0 Å². The summed E-state index contributed by atoms with van der Waals surface area (Å²) in [6.07, 6.45) is 0. The Bertz CT molecular complexity index is 478. The van der Waals surface area contributed by atoms with E-state index in [0.717, 1.165) is 5.56 Å². The number of methoxy groups -OCH3 is 1. The summed E-state index contributed by atoms with van der Waals surface area (Å²) < 4.78 is 10.5. The third-order valence-corrected chi connectivity index (χ3v) is 3.39. The SMILES string of the molecule is COc1cccc(C)c1NC(=O)N1CCOC[C@@H]1CO. The highest BCUT2D eigenvalue weighted by atomic mass is 16.5. The number of urea groups is 1. The molecule has 1 heterocycles. The molecule has 2 rings (SSSR count). The molecule has 110 valence electrons. The predicted octanol–water partition coefficient (Wildman–Crippen LogP) is 1.23. The van der Waals surface area contributed by atoms with Crippen LogP contribution in [-0.2, 0) is 4.74 Å². The van der Waals surface area contributed by atoms with Crippen LogP contribution in [0.4, 0.5) is 10.5 Å². The lowest BCUT2D eigenvalue weighted by Gasteiger charge is -2.34. The Kier molecular flexibility index (Phi) is 4.81. The summed E-state index contributed by atoms with van der Waals surface area (Å²) in [4.78, 5) is 13.9. The molecule has 0 saturated carbocycles. The molecule has 6 heteroatoms. The number of nitrogens with one attached hydrogen (secondary N) is 1. The van der Waals surface area contributed by atoms with Crippen LogP contribution in [0.3, 0.4) is 0 Å². The molecule has 6 nitrogen and oxygen atoms in total. The number of morpholine rings is 1. The second kappa shape index (κ2) is 6.58. The molecule has 0 aliphatic carbocycles. The number of aliphatic hydroxyl groups excluding tert-OH is 1. The van der Waals surface area contributed by atoms with Crippen LogP contribution in [0.1, 0.15) is 5.56 Å². The zero-order valence-corrected chi connectivity index (χ0v) is 11.8. The normalized spacial score (nSPS) is 18.8. The maximum Gasteiger partial charge on any atom is 0.322 e. The Balaban J connectivity index is 2.15. The van der Waals surface area contributed by atoms with Crippen LogP contribution in [0.15, 0.2) is 18.2 Å². The number of rotatable bonds is 3. The van der Waals surface area contributed by atoms with Crippen LogP contribution in [-0.4, -0.2) is 55.6 Å². The number of anilines is 1. The number of para-hydroxylation sites is 1. The standard InChI is InChI=1S/C14H20N2O4/c1-10-4-3-5-12(19-2)13(10)15-14(18)16-6-7-20-9-11(16)8-17/h3-5,11,17H,6-9H2,1-2H3,(H,15,18)/t11-/m0/s1. The molecule has 1 aromatic rings. The van der Waals surface area contributed by atoms with Crippen molar-refractivity contribution in [2.45, 2.75) is 13.0 Å². The van der Waals surface area contributed by atoms with Crippen molar-refractivity contribution < 1.29 is 19.4 Å². The van der Waals surface area contributed by atoms with Gasteiger partial charge in [-0.3, -0.25) is 0 Å². The van der Waals surface area contributed by atoms with Gasteiger partial charge in [0, 0.05) is 6.54 Å². The summed E-state index contributed by atoms with van der Waals surface area (Å²) in [6, 6.07) is 5.01. The summed E-state index contributed by atoms with van der Waals surface area (Å²) in [7, 11) is 1.57. The second-order valence-corrected chi connectivity index (χ2v) is 4.69. The minimum atomic E-state index is -0.307. The van der Waals surface area contributed by atoms with E-state index in [2.05, 4.69) is 5.32 Å². The quantitative estimate of drug-likeness (QED) is 0.873. The molecular weight excluding hydrogens is 260 g/mol. The first kappa shape index (κ1) is 14.6. The minimum absolute atomic E-state index is 0.113. The minimum Gasteiger partial charge on any atom is -0.495 e. The number of carbonyl (C=O) groups is 1. The summed E-state index contributed by atoms with van der Waals surface area (Å²) in [5, 5.41) is 12.2. The average Bonchev–Trinajstić information content (AvgIpc) is 2.49. The molecular formula is C14H20N2O4. The van der Waals surface area contributed by atoms with Crippen molar-refractivity contribution in [3.8, 4) is 5.75 Å². The molecule has 2 N–H and O–H groups in total. The van der Waals surface area contributed by atoms with Crippen LogP contribution < -0.4 is 10.1 Å². The average molecular weight is 280 g/mol. The molecule has 20 heavy (non-hydrogen) atoms. The monoisotopic (exact) mass is 280 g/mol. The number of hydrogen-bond donors (Lipinski definition) is 2. The molecule has 1 aliphatic heterocycles. The summed E-state index contributed by atoms with van der Waals surface area (Å²) >= 11 is 0. The van der Waals surface area contributed by atoms with E-state index in [1.165, 1.54) is 0 Å². The third kappa shape index (κ3) is 3.02. The van der Waals surface area contributed by atoms with E-state index in [1.54, 1.807) is 18.1 Å². The Morgan fingerprint density at radius 2 is 2.40 bits per heavy atom. The molecule has 0 radical (unpaired) electrons. The number of carbonyl (C=O) groups excluding carboxylic acids is 1. The predicted molar refractivity (Wildman–Crippen MR) is 75.1 cm³/mol. The largest absolute Gasteiger partial charge is 0.495 e. The van der Waals surface area contributed by atoms with Gasteiger partial charge in [-0.2, -0.15) is 0 Å². The first-order chi connectivity index (χ1) is 9.67. The molecule has 0 aromatic heterocycles. The number of nitrogens with zero attached hydrogens (tertiary/aromatic N) is 1. The van der Waals surface area contributed by atoms with Crippen LogP contribution in [0.25, 0.3) is 0 Å². The van der Waals surface area contributed by atoms with E-state index in [4.69, 9.17) is 9.47 Å². The first-order valence-electron chi connectivity index (χ1n) is 6.57. The van der Waals surface area contributed by atoms with Crippen molar-refractivity contribution in [2.75, 3.05) is 38.8 Å². The van der Waals surface area contributed by atoms with Gasteiger partial charge in [0.15, 0.2) is 0 Å². The topological polar surface area (TPSA) is 71.0 Å². The summed E-state index contributed by atoms with van der Waals surface area (Å²) in [6.45, 7) is 3.09. The van der Waals surface area contributed by atoms with Gasteiger partial charge in [-0.15, -0.1) is 0 Å². The molecule has 0 spiro atoms. The Morgan fingerprint density at radius 3 is 3.10 bits per heavy atom. The van der Waals surface area contributed by atoms with Crippen LogP contribution >= 0.6 is 0 Å². The molecule has 1 aliphatic rings. The van der Waals surface area contributed by atoms with E-state index in [0.29, 0.717) is 31.2 Å². The van der Waals surface area contributed by atoms with Crippen molar-refractivity contribution in [1.29, 1.82) is 0 Å². The highest BCUT2D eigenvalue weighted by Gasteiger charge is 2.27. The van der Waals surface area contributed by atoms with Gasteiger partial charge in [-0.1, -0.05) is 12.1 Å². The highest BCUT2D eigenvalue weighted by Crippen LogP contribution is 2.28. The fourth-order valence-corrected chi connectivity index (χ4v) is 2.22. The molecule has 1 aromatic carbocycles. The zero-order chi connectivity index (χ0) is 14.5. The van der Waals surface area contributed by atoms with Gasteiger partial charge in [-0.25, -0.2) is 4.79 Å². The number of ether oxygens (including phenoxy) is 2. The van der Waals surface area contributed by atoms with Crippen molar-refractivity contribution in [1.82, 2.24) is 4.90 Å². The molecule has 0 bridgehead atoms. The lowest BCUT2D eigenvalue weighted by molar-refractivity contribution is -0.00485. The maximum atomic E-state index is 12.3. The van der Waals surface area contributed by atoms with Gasteiger partial charge in [0.05, 0.1) is 38.7 Å². The molecule has 2 amide bonds. The zero-order valence-electron chi connectivity index (χ0n) is 11.8. The van der Waals surface area contributed by atoms with E-state index in [-0.39, 0.29) is 18.7 Å². The first-order valence-corrected chi connectivity index (χ1v) is 6.57.